The molecule has 0 N–H and O–H groups in total. The van der Waals surface area contributed by atoms with E-state index in [9.17, 15) is 0 Å². The van der Waals surface area contributed by atoms with Gasteiger partial charge in [0, 0.05) is 25.4 Å². The summed E-state index contributed by atoms with van der Waals surface area (Å²) < 4.78 is 53.5. The van der Waals surface area contributed by atoms with Crippen LogP contribution in [0.5, 0.6) is 0 Å². The van der Waals surface area contributed by atoms with Crippen molar-refractivity contribution in [2.24, 2.45) is 11.8 Å². The zero-order valence-electron chi connectivity index (χ0n) is 38.1. The van der Waals surface area contributed by atoms with Crippen molar-refractivity contribution in [3.8, 4) is 0 Å². The maximum absolute atomic E-state index is 7.14. The van der Waals surface area contributed by atoms with Gasteiger partial charge in [-0.3, -0.25) is 0 Å². The zero-order valence-corrected chi connectivity index (χ0v) is 38.1. The lowest BCUT2D eigenvalue weighted by molar-refractivity contribution is -0.306. The summed E-state index contributed by atoms with van der Waals surface area (Å²) >= 11 is 0. The van der Waals surface area contributed by atoms with Crippen LogP contribution in [0.2, 0.25) is 0 Å². The molecule has 6 aromatic carbocycles. The van der Waals surface area contributed by atoms with E-state index in [-0.39, 0.29) is 31.2 Å². The van der Waals surface area contributed by atoms with Crippen molar-refractivity contribution in [1.29, 1.82) is 0 Å². The summed E-state index contributed by atoms with van der Waals surface area (Å²) in [6.07, 6.45) is -0.301. The van der Waals surface area contributed by atoms with E-state index < -0.39 is 30.7 Å². The van der Waals surface area contributed by atoms with Crippen LogP contribution in [0.3, 0.4) is 0 Å². The van der Waals surface area contributed by atoms with E-state index in [1.807, 2.05) is 115 Å². The van der Waals surface area contributed by atoms with Gasteiger partial charge in [-0.25, -0.2) is 0 Å². The first-order valence-electron chi connectivity index (χ1n) is 23.0. The highest BCUT2D eigenvalue weighted by Crippen LogP contribution is 2.37. The van der Waals surface area contributed by atoms with Gasteiger partial charge in [0.25, 0.3) is 0 Å². The zero-order chi connectivity index (χ0) is 45.6. The molecule has 0 aliphatic carbocycles. The summed E-state index contributed by atoms with van der Waals surface area (Å²) in [6, 6.07) is 61.2. The van der Waals surface area contributed by atoms with Crippen LogP contribution in [0.15, 0.2) is 207 Å². The van der Waals surface area contributed by atoms with Gasteiger partial charge in [-0.05, 0) is 39.8 Å². The number of hydrogen-bond acceptors (Lipinski definition) is 8. The smallest absolute Gasteiger partial charge is 0.186 e. The topological polar surface area (TPSA) is 73.8 Å². The second-order valence-electron chi connectivity index (χ2n) is 16.7. The van der Waals surface area contributed by atoms with E-state index in [4.69, 9.17) is 37.9 Å². The number of rotatable bonds is 27. The van der Waals surface area contributed by atoms with Gasteiger partial charge in [-0.2, -0.15) is 0 Å². The number of methoxy groups -OCH3 is 1. The highest BCUT2D eigenvalue weighted by atomic mass is 16.7. The molecule has 66 heavy (non-hydrogen) atoms. The Hall–Kier alpha value is -5.68. The lowest BCUT2D eigenvalue weighted by Crippen LogP contribution is -2.58. The van der Waals surface area contributed by atoms with Gasteiger partial charge >= 0.3 is 0 Å². The second kappa shape index (κ2) is 26.5. The van der Waals surface area contributed by atoms with Gasteiger partial charge in [0.05, 0.1) is 70.3 Å². The molecule has 0 aromatic heterocycles. The molecular formula is C58H64O8. The van der Waals surface area contributed by atoms with Crippen molar-refractivity contribution < 1.29 is 37.9 Å². The molecule has 7 rings (SSSR count). The standard InChI is InChI=1S/C58H64O8/c1-4-53(62-39-48-29-17-8-18-30-48)51(36-45-23-11-5-12-24-45)54(42-60-37-46-25-13-6-14-26-46)65-44(2)35-52-55(43-61-38-47-27-15-7-16-28-47)66-58(59-3)57(64-41-50-33-21-10-22-34-50)56(52)63-40-49-31-19-9-20-32-49/h4-34,51-58H,1-2,35-43H2,3H3/t51-,52+,53+,54+,55+,56-,57+,58-/m0/s1. The summed E-state index contributed by atoms with van der Waals surface area (Å²) in [5.41, 5.74) is 6.42. The van der Waals surface area contributed by atoms with Crippen LogP contribution in [-0.2, 0) is 77.4 Å². The van der Waals surface area contributed by atoms with Crippen LogP contribution < -0.4 is 0 Å². The Morgan fingerprint density at radius 1 is 0.561 bits per heavy atom. The summed E-state index contributed by atoms with van der Waals surface area (Å²) in [6.45, 7) is 11.4. The predicted octanol–water partition coefficient (Wildman–Crippen LogP) is 11.5. The Morgan fingerprint density at radius 3 is 1.48 bits per heavy atom. The van der Waals surface area contributed by atoms with Crippen LogP contribution in [0.25, 0.3) is 0 Å². The number of allylic oxidation sites excluding steroid dienone is 1. The van der Waals surface area contributed by atoms with E-state index in [1.54, 1.807) is 7.11 Å². The normalized spacial score (nSPS) is 19.6. The van der Waals surface area contributed by atoms with E-state index in [0.29, 0.717) is 51.6 Å². The summed E-state index contributed by atoms with van der Waals surface area (Å²) in [5, 5.41) is 0. The summed E-state index contributed by atoms with van der Waals surface area (Å²) in [5.74, 6) is 0.0192. The molecule has 344 valence electrons. The third-order valence-corrected chi connectivity index (χ3v) is 11.9. The van der Waals surface area contributed by atoms with Gasteiger partial charge in [0.1, 0.15) is 12.2 Å². The Bertz CT molecular complexity index is 2240. The maximum atomic E-state index is 7.14. The molecule has 1 heterocycles. The molecular weight excluding hydrogens is 825 g/mol. The van der Waals surface area contributed by atoms with Crippen LogP contribution in [0, 0.1) is 11.8 Å². The highest BCUT2D eigenvalue weighted by molar-refractivity contribution is 5.19. The van der Waals surface area contributed by atoms with Gasteiger partial charge in [-0.15, -0.1) is 6.58 Å². The molecule has 0 spiro atoms. The third kappa shape index (κ3) is 14.9. The molecule has 8 atom stereocenters. The number of benzene rings is 6. The van der Waals surface area contributed by atoms with E-state index in [2.05, 4.69) is 86.0 Å². The van der Waals surface area contributed by atoms with E-state index >= 15 is 0 Å². The Balaban J connectivity index is 1.20. The van der Waals surface area contributed by atoms with Crippen molar-refractivity contribution in [3.63, 3.8) is 0 Å². The van der Waals surface area contributed by atoms with Crippen molar-refractivity contribution in [1.82, 2.24) is 0 Å². The minimum atomic E-state index is -0.741. The molecule has 0 saturated carbocycles. The molecule has 8 nitrogen and oxygen atoms in total. The molecule has 8 heteroatoms. The quantitative estimate of drug-likeness (QED) is 0.0374. The molecule has 1 fully saturated rings. The van der Waals surface area contributed by atoms with Crippen LogP contribution >= 0.6 is 0 Å². The molecule has 1 saturated heterocycles. The molecule has 1 aliphatic heterocycles. The maximum Gasteiger partial charge on any atom is 0.186 e. The van der Waals surface area contributed by atoms with Crippen LogP contribution in [-0.4, -0.2) is 57.1 Å². The third-order valence-electron chi connectivity index (χ3n) is 11.9. The van der Waals surface area contributed by atoms with Crippen molar-refractivity contribution in [3.05, 3.63) is 240 Å². The predicted molar refractivity (Wildman–Crippen MR) is 259 cm³/mol. The first-order chi connectivity index (χ1) is 32.6. The van der Waals surface area contributed by atoms with Crippen molar-refractivity contribution in [2.75, 3.05) is 20.3 Å². The SMILES string of the molecule is C=C[C@@H](OCc1ccccc1)[C@H](Cc1ccccc1)[C@@H](COCc1ccccc1)OC(=C)C[C@H]1[C@H](OCc2ccccc2)[C@@H](OCc2ccccc2)[C@@H](OC)O[C@@H]1COCc1ccccc1. The van der Waals surface area contributed by atoms with E-state index in [0.717, 1.165) is 33.4 Å². The average Bonchev–Trinajstić information content (AvgIpc) is 3.37. The number of ether oxygens (including phenoxy) is 8. The summed E-state index contributed by atoms with van der Waals surface area (Å²) in [4.78, 5) is 0. The fourth-order valence-electron chi connectivity index (χ4n) is 8.47. The molecule has 0 amide bonds. The van der Waals surface area contributed by atoms with Crippen molar-refractivity contribution >= 4 is 0 Å². The minimum Gasteiger partial charge on any atom is -0.493 e. The van der Waals surface area contributed by atoms with Crippen LogP contribution in [0.4, 0.5) is 0 Å². The molecule has 0 unspecified atom stereocenters. The molecule has 1 aliphatic rings. The lowest BCUT2D eigenvalue weighted by Gasteiger charge is -2.46. The minimum absolute atomic E-state index is 0.210. The largest absolute Gasteiger partial charge is 0.493 e. The van der Waals surface area contributed by atoms with E-state index in [1.165, 1.54) is 0 Å². The fourth-order valence-corrected chi connectivity index (χ4v) is 8.47. The number of hydrogen-bond donors (Lipinski definition) is 0. The molecule has 0 bridgehead atoms. The second-order valence-corrected chi connectivity index (χ2v) is 16.7. The molecule has 6 aromatic rings. The average molecular weight is 889 g/mol. The Labute approximate surface area is 391 Å². The highest BCUT2D eigenvalue weighted by Gasteiger charge is 2.48. The van der Waals surface area contributed by atoms with Gasteiger partial charge in [-0.1, -0.05) is 195 Å². The molecule has 0 radical (unpaired) electrons. The monoisotopic (exact) mass is 888 g/mol. The van der Waals surface area contributed by atoms with Gasteiger partial charge in [0.15, 0.2) is 6.29 Å². The van der Waals surface area contributed by atoms with Gasteiger partial charge < -0.3 is 37.9 Å². The van der Waals surface area contributed by atoms with Gasteiger partial charge in [0.2, 0.25) is 0 Å². The lowest BCUT2D eigenvalue weighted by atomic mass is 9.85. The van der Waals surface area contributed by atoms with Crippen LogP contribution in [0.1, 0.15) is 39.8 Å². The first kappa shape index (κ1) is 48.3. The fraction of sp³-hybridized carbons (Fsp3) is 0.310. The Morgan fingerprint density at radius 2 is 1.00 bits per heavy atom. The Kier molecular flexibility index (Phi) is 19.3. The van der Waals surface area contributed by atoms with Crippen molar-refractivity contribution in [2.45, 2.75) is 82.7 Å². The summed E-state index contributed by atoms with van der Waals surface area (Å²) in [7, 11) is 1.64. The first-order valence-corrected chi connectivity index (χ1v) is 23.0.